The third kappa shape index (κ3) is 4.92. The van der Waals surface area contributed by atoms with Gasteiger partial charge in [-0.15, -0.1) is 0 Å². The number of nitrogens with one attached hydrogen (secondary N) is 1. The summed E-state index contributed by atoms with van der Waals surface area (Å²) in [4.78, 5) is 14.1. The summed E-state index contributed by atoms with van der Waals surface area (Å²) in [7, 11) is -1.50. The summed E-state index contributed by atoms with van der Waals surface area (Å²) in [5.41, 5.74) is 1.95. The van der Waals surface area contributed by atoms with E-state index in [1.165, 1.54) is 4.31 Å². The summed E-state index contributed by atoms with van der Waals surface area (Å²) in [6, 6.07) is 6.71. The fourth-order valence-corrected chi connectivity index (χ4v) is 4.40. The van der Waals surface area contributed by atoms with Crippen LogP contribution in [0.25, 0.3) is 12.2 Å². The molecule has 0 unspecified atom stereocenters. The number of anilines is 1. The van der Waals surface area contributed by atoms with Crippen LogP contribution >= 0.6 is 0 Å². The van der Waals surface area contributed by atoms with E-state index in [4.69, 9.17) is 4.52 Å². The Balaban J connectivity index is 1.74. The highest BCUT2D eigenvalue weighted by atomic mass is 32.2. The van der Waals surface area contributed by atoms with Crippen molar-refractivity contribution in [3.8, 4) is 0 Å². The number of carbonyl (C=O) groups excluding carboxylic acids is 1. The maximum Gasteiger partial charge on any atom is 0.243 e. The normalized spacial score (nSPS) is 16.4. The molecule has 1 aliphatic rings. The van der Waals surface area contributed by atoms with E-state index in [1.807, 2.05) is 7.05 Å². The first-order valence-corrected chi connectivity index (χ1v) is 11.0. The highest BCUT2D eigenvalue weighted by Gasteiger charge is 2.27. The smallest absolute Gasteiger partial charge is 0.243 e. The number of hydrogen-bond acceptors (Lipinski definition) is 6. The third-order valence-corrected chi connectivity index (χ3v) is 6.79. The molecular weight excluding hydrogens is 392 g/mol. The standard InChI is InChI=1S/C20H26N4O4S/c1-4-19(25)21-20-15(2)22-28-18(20)10-7-16-5-8-17(9-6-16)29(26,27)24-13-11-23(3)12-14-24/h5-10H,4,11-14H2,1-3H3,(H,21,25). The van der Waals surface area contributed by atoms with Crippen molar-refractivity contribution in [2.75, 3.05) is 38.5 Å². The Kier molecular flexibility index (Phi) is 6.51. The number of nitrogens with zero attached hydrogens (tertiary/aromatic N) is 3. The van der Waals surface area contributed by atoms with E-state index in [9.17, 15) is 13.2 Å². The lowest BCUT2D eigenvalue weighted by Crippen LogP contribution is -2.46. The third-order valence-electron chi connectivity index (χ3n) is 4.88. The van der Waals surface area contributed by atoms with E-state index in [0.29, 0.717) is 36.7 Å². The molecule has 0 saturated carbocycles. The molecule has 0 atom stereocenters. The van der Waals surface area contributed by atoms with Crippen molar-refractivity contribution in [2.45, 2.75) is 25.2 Å². The van der Waals surface area contributed by atoms with Crippen LogP contribution in [0.15, 0.2) is 33.7 Å². The number of amides is 1. The molecule has 9 heteroatoms. The molecule has 2 heterocycles. The molecule has 156 valence electrons. The van der Waals surface area contributed by atoms with Crippen LogP contribution in [0.1, 0.15) is 30.4 Å². The summed E-state index contributed by atoms with van der Waals surface area (Å²) in [5.74, 6) is 0.322. The van der Waals surface area contributed by atoms with Gasteiger partial charge in [0.2, 0.25) is 15.9 Å². The van der Waals surface area contributed by atoms with Gasteiger partial charge < -0.3 is 14.7 Å². The molecule has 1 N–H and O–H groups in total. The Morgan fingerprint density at radius 3 is 2.45 bits per heavy atom. The largest absolute Gasteiger partial charge is 0.354 e. The van der Waals surface area contributed by atoms with Gasteiger partial charge in [-0.1, -0.05) is 30.3 Å². The maximum atomic E-state index is 12.8. The lowest BCUT2D eigenvalue weighted by molar-refractivity contribution is -0.115. The van der Waals surface area contributed by atoms with Crippen LogP contribution in [-0.4, -0.2) is 61.9 Å². The topological polar surface area (TPSA) is 95.8 Å². The quantitative estimate of drug-likeness (QED) is 0.774. The zero-order chi connectivity index (χ0) is 21.0. The van der Waals surface area contributed by atoms with Gasteiger partial charge in [-0.2, -0.15) is 4.31 Å². The lowest BCUT2D eigenvalue weighted by Gasteiger charge is -2.31. The lowest BCUT2D eigenvalue weighted by atomic mass is 10.2. The summed E-state index contributed by atoms with van der Waals surface area (Å²) >= 11 is 0. The molecule has 2 aromatic rings. The predicted octanol–water partition coefficient (Wildman–Crippen LogP) is 2.44. The number of aryl methyl sites for hydroxylation is 1. The van der Waals surface area contributed by atoms with Crippen molar-refractivity contribution >= 4 is 33.8 Å². The molecule has 1 saturated heterocycles. The molecule has 0 spiro atoms. The van der Waals surface area contributed by atoms with Crippen LogP contribution in [0.5, 0.6) is 0 Å². The highest BCUT2D eigenvalue weighted by Crippen LogP contribution is 2.23. The highest BCUT2D eigenvalue weighted by molar-refractivity contribution is 7.89. The first-order valence-electron chi connectivity index (χ1n) is 9.54. The number of carbonyl (C=O) groups is 1. The van der Waals surface area contributed by atoms with Gasteiger partial charge >= 0.3 is 0 Å². The molecule has 0 radical (unpaired) electrons. The Bertz CT molecular complexity index is 988. The van der Waals surface area contributed by atoms with Gasteiger partial charge in [0, 0.05) is 32.6 Å². The van der Waals surface area contributed by atoms with Crippen molar-refractivity contribution in [1.29, 1.82) is 0 Å². The molecular formula is C20H26N4O4S. The first kappa shape index (κ1) is 21.2. The number of likely N-dealkylation sites (N-methyl/N-ethyl adjacent to an activating group) is 1. The number of hydrogen-bond donors (Lipinski definition) is 1. The molecule has 0 bridgehead atoms. The van der Waals surface area contributed by atoms with Gasteiger partial charge in [0.15, 0.2) is 5.76 Å². The fourth-order valence-electron chi connectivity index (χ4n) is 2.98. The van der Waals surface area contributed by atoms with E-state index in [2.05, 4.69) is 15.4 Å². The summed E-state index contributed by atoms with van der Waals surface area (Å²) < 4.78 is 32.4. The number of aromatic nitrogens is 1. The minimum absolute atomic E-state index is 0.121. The van der Waals surface area contributed by atoms with Crippen LogP contribution < -0.4 is 5.32 Å². The van der Waals surface area contributed by atoms with Gasteiger partial charge in [0.25, 0.3) is 0 Å². The summed E-state index contributed by atoms with van der Waals surface area (Å²) in [6.07, 6.45) is 3.85. The molecule has 1 aromatic carbocycles. The first-order chi connectivity index (χ1) is 13.8. The van der Waals surface area contributed by atoms with Crippen LogP contribution in [0.3, 0.4) is 0 Å². The maximum absolute atomic E-state index is 12.8. The molecule has 1 aromatic heterocycles. The molecule has 1 aliphatic heterocycles. The van der Waals surface area contributed by atoms with E-state index in [0.717, 1.165) is 18.7 Å². The average molecular weight is 419 g/mol. The zero-order valence-corrected chi connectivity index (χ0v) is 17.7. The summed E-state index contributed by atoms with van der Waals surface area (Å²) in [5, 5.41) is 6.67. The SMILES string of the molecule is CCC(=O)Nc1c(C)noc1C=Cc1ccc(S(=O)(=O)N2CCN(C)CC2)cc1. The average Bonchev–Trinajstić information content (AvgIpc) is 3.06. The Labute approximate surface area is 171 Å². The van der Waals surface area contributed by atoms with Crippen LogP contribution in [0.2, 0.25) is 0 Å². The Morgan fingerprint density at radius 1 is 1.17 bits per heavy atom. The second-order valence-electron chi connectivity index (χ2n) is 7.02. The molecule has 29 heavy (non-hydrogen) atoms. The molecule has 3 rings (SSSR count). The van der Waals surface area contributed by atoms with E-state index >= 15 is 0 Å². The van der Waals surface area contributed by atoms with Crippen molar-refractivity contribution in [1.82, 2.24) is 14.4 Å². The van der Waals surface area contributed by atoms with Crippen molar-refractivity contribution in [2.24, 2.45) is 0 Å². The summed E-state index contributed by atoms with van der Waals surface area (Å²) in [6.45, 7) is 5.98. The van der Waals surface area contributed by atoms with E-state index in [1.54, 1.807) is 50.3 Å². The minimum atomic E-state index is -3.48. The van der Waals surface area contributed by atoms with E-state index in [-0.39, 0.29) is 10.8 Å². The van der Waals surface area contributed by atoms with Crippen molar-refractivity contribution in [3.63, 3.8) is 0 Å². The van der Waals surface area contributed by atoms with Crippen LogP contribution in [0.4, 0.5) is 5.69 Å². The van der Waals surface area contributed by atoms with Gasteiger partial charge in [-0.25, -0.2) is 8.42 Å². The number of sulfonamides is 1. The van der Waals surface area contributed by atoms with Gasteiger partial charge in [-0.3, -0.25) is 4.79 Å². The Morgan fingerprint density at radius 2 is 1.83 bits per heavy atom. The monoisotopic (exact) mass is 418 g/mol. The fraction of sp³-hybridized carbons (Fsp3) is 0.400. The predicted molar refractivity (Wildman–Crippen MR) is 112 cm³/mol. The second-order valence-corrected chi connectivity index (χ2v) is 8.96. The second kappa shape index (κ2) is 8.89. The zero-order valence-electron chi connectivity index (χ0n) is 16.9. The molecule has 8 nitrogen and oxygen atoms in total. The van der Waals surface area contributed by atoms with E-state index < -0.39 is 10.0 Å². The number of rotatable bonds is 6. The van der Waals surface area contributed by atoms with Gasteiger partial charge in [-0.05, 0) is 37.7 Å². The van der Waals surface area contributed by atoms with Gasteiger partial charge in [0.1, 0.15) is 11.4 Å². The van der Waals surface area contributed by atoms with Gasteiger partial charge in [0.05, 0.1) is 4.90 Å². The van der Waals surface area contributed by atoms with Crippen molar-refractivity contribution < 1.29 is 17.7 Å². The minimum Gasteiger partial charge on any atom is -0.354 e. The van der Waals surface area contributed by atoms with Crippen LogP contribution in [-0.2, 0) is 14.8 Å². The Hall–Kier alpha value is -2.49. The van der Waals surface area contributed by atoms with Crippen LogP contribution in [0, 0.1) is 6.92 Å². The molecule has 1 amide bonds. The number of benzene rings is 1. The molecule has 0 aliphatic carbocycles. The number of piperazine rings is 1. The van der Waals surface area contributed by atoms with Crippen molar-refractivity contribution in [3.05, 3.63) is 41.3 Å². The molecule has 1 fully saturated rings.